The SMILES string of the molecule is CCN(COCCc1ccccc1)C(=O)OCc1ccc(OC[C@@H](OC(C)=O)C(OC(C)=O)C(OC(C)=O)C(OC)C(=O)OC)c([N+](=O)[O-])c1. The van der Waals surface area contributed by atoms with E-state index in [2.05, 4.69) is 0 Å². The number of methoxy groups -OCH3 is 2. The number of amides is 1. The monoisotopic (exact) mass is 706 g/mol. The number of carbonyl (C=O) groups excluding carboxylic acids is 5. The maximum Gasteiger partial charge on any atom is 0.411 e. The van der Waals surface area contributed by atoms with Gasteiger partial charge in [0.1, 0.15) is 19.9 Å². The number of ether oxygens (including phenoxy) is 8. The molecule has 0 heterocycles. The van der Waals surface area contributed by atoms with Gasteiger partial charge in [-0.15, -0.1) is 0 Å². The first-order chi connectivity index (χ1) is 23.8. The lowest BCUT2D eigenvalue weighted by Gasteiger charge is -2.34. The summed E-state index contributed by atoms with van der Waals surface area (Å²) >= 11 is 0. The predicted octanol–water partition coefficient (Wildman–Crippen LogP) is 3.13. The van der Waals surface area contributed by atoms with Crippen molar-refractivity contribution in [3.05, 3.63) is 69.8 Å². The summed E-state index contributed by atoms with van der Waals surface area (Å²) in [6, 6.07) is 13.5. The van der Waals surface area contributed by atoms with Gasteiger partial charge in [-0.3, -0.25) is 29.4 Å². The lowest BCUT2D eigenvalue weighted by atomic mass is 10.0. The summed E-state index contributed by atoms with van der Waals surface area (Å²) in [4.78, 5) is 73.9. The van der Waals surface area contributed by atoms with Crippen LogP contribution in [-0.4, -0.2) is 105 Å². The molecule has 0 bridgehead atoms. The average molecular weight is 707 g/mol. The van der Waals surface area contributed by atoms with Gasteiger partial charge in [0.25, 0.3) is 0 Å². The lowest BCUT2D eigenvalue weighted by molar-refractivity contribution is -0.386. The number of nitro benzene ring substituents is 1. The first-order valence-electron chi connectivity index (χ1n) is 15.4. The van der Waals surface area contributed by atoms with Crippen molar-refractivity contribution in [1.29, 1.82) is 0 Å². The molecule has 3 unspecified atom stereocenters. The van der Waals surface area contributed by atoms with E-state index in [0.29, 0.717) is 13.0 Å². The van der Waals surface area contributed by atoms with E-state index in [0.717, 1.165) is 46.6 Å². The fraction of sp³-hybridized carbons (Fsp3) is 0.485. The Hall–Kier alpha value is -5.29. The van der Waals surface area contributed by atoms with Gasteiger partial charge in [0.05, 0.1) is 18.6 Å². The Balaban J connectivity index is 2.21. The lowest BCUT2D eigenvalue weighted by Crippen LogP contribution is -2.55. The van der Waals surface area contributed by atoms with Gasteiger partial charge in [-0.1, -0.05) is 36.4 Å². The molecule has 17 nitrogen and oxygen atoms in total. The second kappa shape index (κ2) is 20.9. The first-order valence-corrected chi connectivity index (χ1v) is 15.4. The van der Waals surface area contributed by atoms with Crippen LogP contribution in [0.1, 0.15) is 38.8 Å². The zero-order chi connectivity index (χ0) is 37.2. The van der Waals surface area contributed by atoms with Crippen molar-refractivity contribution in [2.45, 2.75) is 65.1 Å². The molecule has 0 N–H and O–H groups in total. The highest BCUT2D eigenvalue weighted by atomic mass is 16.6. The van der Waals surface area contributed by atoms with E-state index in [9.17, 15) is 34.1 Å². The Morgan fingerprint density at radius 2 is 1.50 bits per heavy atom. The molecule has 0 saturated heterocycles. The van der Waals surface area contributed by atoms with Crippen LogP contribution < -0.4 is 4.74 Å². The predicted molar refractivity (Wildman–Crippen MR) is 172 cm³/mol. The summed E-state index contributed by atoms with van der Waals surface area (Å²) in [5.74, 6) is -4.03. The summed E-state index contributed by atoms with van der Waals surface area (Å²) in [7, 11) is 2.14. The van der Waals surface area contributed by atoms with Gasteiger partial charge in [-0.25, -0.2) is 9.59 Å². The van der Waals surface area contributed by atoms with E-state index in [1.165, 1.54) is 17.0 Å². The Kier molecular flexibility index (Phi) is 17.1. The van der Waals surface area contributed by atoms with Crippen LogP contribution >= 0.6 is 0 Å². The quantitative estimate of drug-likeness (QED) is 0.0484. The van der Waals surface area contributed by atoms with Crippen molar-refractivity contribution in [3.63, 3.8) is 0 Å². The number of esters is 4. The molecule has 0 aliphatic heterocycles. The van der Waals surface area contributed by atoms with Crippen LogP contribution in [0.2, 0.25) is 0 Å². The van der Waals surface area contributed by atoms with Crippen molar-refractivity contribution >= 4 is 35.7 Å². The third kappa shape index (κ3) is 13.3. The number of nitrogens with zero attached hydrogens (tertiary/aromatic N) is 2. The molecule has 2 aromatic rings. The topological polar surface area (TPSA) is 206 Å². The Labute approximate surface area is 288 Å². The van der Waals surface area contributed by atoms with Gasteiger partial charge < -0.3 is 37.9 Å². The van der Waals surface area contributed by atoms with Gasteiger partial charge in [0, 0.05) is 40.5 Å². The largest absolute Gasteiger partial charge is 0.483 e. The van der Waals surface area contributed by atoms with Crippen LogP contribution in [0.3, 0.4) is 0 Å². The van der Waals surface area contributed by atoms with E-state index >= 15 is 0 Å². The molecule has 4 atom stereocenters. The van der Waals surface area contributed by atoms with Crippen LogP contribution in [0.15, 0.2) is 48.5 Å². The normalized spacial score (nSPS) is 13.1. The van der Waals surface area contributed by atoms with E-state index < -0.39 is 71.6 Å². The minimum absolute atomic E-state index is 0.0179. The molecule has 0 spiro atoms. The van der Waals surface area contributed by atoms with E-state index in [-0.39, 0.29) is 31.2 Å². The second-order valence-corrected chi connectivity index (χ2v) is 10.5. The third-order valence-corrected chi connectivity index (χ3v) is 6.85. The Bertz CT molecular complexity index is 1450. The van der Waals surface area contributed by atoms with E-state index in [1.807, 2.05) is 30.3 Å². The molecule has 50 heavy (non-hydrogen) atoms. The molecule has 17 heteroatoms. The number of hydrogen-bond donors (Lipinski definition) is 0. The molecule has 2 aromatic carbocycles. The zero-order valence-electron chi connectivity index (χ0n) is 28.7. The molecule has 0 aliphatic rings. The maximum absolute atomic E-state index is 12.7. The van der Waals surface area contributed by atoms with Crippen LogP contribution in [0.4, 0.5) is 10.5 Å². The molecule has 0 aromatic heterocycles. The van der Waals surface area contributed by atoms with Crippen molar-refractivity contribution in [3.8, 4) is 5.75 Å². The number of rotatable bonds is 20. The molecular weight excluding hydrogens is 664 g/mol. The molecule has 0 fully saturated rings. The van der Waals surface area contributed by atoms with Crippen molar-refractivity contribution in [2.75, 3.05) is 40.7 Å². The number of nitro groups is 1. The summed E-state index contributed by atoms with van der Waals surface area (Å²) in [5.41, 5.74) is 0.799. The maximum atomic E-state index is 12.7. The number of hydrogen-bond acceptors (Lipinski definition) is 15. The molecule has 1 amide bonds. The number of carbonyl (C=O) groups is 5. The molecular formula is C33H42N2O15. The average Bonchev–Trinajstić information content (AvgIpc) is 3.08. The molecule has 2 rings (SSSR count). The first kappa shape index (κ1) is 40.9. The number of benzene rings is 2. The summed E-state index contributed by atoms with van der Waals surface area (Å²) in [5, 5.41) is 12.0. The van der Waals surface area contributed by atoms with Crippen LogP contribution in [0.25, 0.3) is 0 Å². The van der Waals surface area contributed by atoms with Crippen LogP contribution in [0.5, 0.6) is 5.75 Å². The molecule has 0 radical (unpaired) electrons. The molecule has 274 valence electrons. The highest BCUT2D eigenvalue weighted by Gasteiger charge is 2.46. The highest BCUT2D eigenvalue weighted by Crippen LogP contribution is 2.30. The van der Waals surface area contributed by atoms with Crippen LogP contribution in [-0.2, 0) is 65.4 Å². The van der Waals surface area contributed by atoms with Gasteiger partial charge in [0.2, 0.25) is 0 Å². The van der Waals surface area contributed by atoms with E-state index in [4.69, 9.17) is 37.9 Å². The highest BCUT2D eigenvalue weighted by molar-refractivity contribution is 5.77. The van der Waals surface area contributed by atoms with E-state index in [1.54, 1.807) is 6.92 Å². The van der Waals surface area contributed by atoms with Crippen LogP contribution in [0, 0.1) is 10.1 Å². The van der Waals surface area contributed by atoms with Crippen molar-refractivity contribution in [2.24, 2.45) is 0 Å². The fourth-order valence-corrected chi connectivity index (χ4v) is 4.54. The third-order valence-electron chi connectivity index (χ3n) is 6.85. The smallest absolute Gasteiger partial charge is 0.411 e. The summed E-state index contributed by atoms with van der Waals surface area (Å²) < 4.78 is 42.4. The Morgan fingerprint density at radius 3 is 2.06 bits per heavy atom. The summed E-state index contributed by atoms with van der Waals surface area (Å²) in [6.45, 7) is 4.45. The van der Waals surface area contributed by atoms with Gasteiger partial charge >= 0.3 is 35.7 Å². The van der Waals surface area contributed by atoms with Crippen molar-refractivity contribution in [1.82, 2.24) is 4.90 Å². The minimum atomic E-state index is -1.70. The van der Waals surface area contributed by atoms with Gasteiger partial charge in [-0.05, 0) is 30.5 Å². The Morgan fingerprint density at radius 1 is 0.860 bits per heavy atom. The minimum Gasteiger partial charge on any atom is -0.483 e. The second-order valence-electron chi connectivity index (χ2n) is 10.5. The molecule has 0 saturated carbocycles. The van der Waals surface area contributed by atoms with Gasteiger partial charge in [0.15, 0.2) is 30.2 Å². The van der Waals surface area contributed by atoms with Crippen molar-refractivity contribution < 1.29 is 66.8 Å². The zero-order valence-corrected chi connectivity index (χ0v) is 28.7. The molecule has 0 aliphatic carbocycles. The summed E-state index contributed by atoms with van der Waals surface area (Å²) in [6.07, 6.45) is -6.67. The fourth-order valence-electron chi connectivity index (χ4n) is 4.54. The standard InChI is InChI=1S/C33H42N2O15/c1-7-34(20-45-16-15-24-11-9-8-10-12-24)33(40)47-18-25-13-14-27(26(17-25)35(41)42)46-19-28(48-21(2)36)29(49-22(3)37)30(50-23(4)38)31(43-5)32(39)44-6/h8-14,17,28-31H,7,15-16,18-20H2,1-6H3/t28-,29?,30?,31?/m1/s1. The van der Waals surface area contributed by atoms with Gasteiger partial charge in [-0.2, -0.15) is 0 Å².